The second-order valence-corrected chi connectivity index (χ2v) is 5.15. The molecule has 2 rings (SSSR count). The lowest BCUT2D eigenvalue weighted by atomic mass is 10.1. The number of nitrogens with one attached hydrogen (secondary N) is 1. The zero-order valence-corrected chi connectivity index (χ0v) is 10.5. The molecule has 1 aliphatic heterocycles. The molecule has 7 heteroatoms. The highest BCUT2D eigenvalue weighted by atomic mass is 32.2. The van der Waals surface area contributed by atoms with E-state index in [0.717, 1.165) is 11.8 Å². The van der Waals surface area contributed by atoms with E-state index in [9.17, 15) is 14.7 Å². The smallest absolute Gasteiger partial charge is 0.339 e. The zero-order valence-electron chi connectivity index (χ0n) is 8.84. The number of benzene rings is 1. The van der Waals surface area contributed by atoms with E-state index in [4.69, 9.17) is 17.3 Å². The van der Waals surface area contributed by atoms with Gasteiger partial charge in [-0.1, -0.05) is 30.0 Å². The Morgan fingerprint density at radius 2 is 2.17 bits per heavy atom. The highest BCUT2D eigenvalue weighted by molar-refractivity contribution is 8.26. The molecule has 0 aromatic heterocycles. The van der Waals surface area contributed by atoms with Crippen LogP contribution in [0.4, 0.5) is 0 Å². The molecule has 5 nitrogen and oxygen atoms in total. The number of carboxylic acid groups (broad SMARTS) is 1. The molecule has 1 aliphatic rings. The number of hydrogen-bond donors (Lipinski definition) is 3. The van der Waals surface area contributed by atoms with E-state index < -0.39 is 5.97 Å². The summed E-state index contributed by atoms with van der Waals surface area (Å²) in [6.07, 6.45) is 1.52. The van der Waals surface area contributed by atoms with Gasteiger partial charge in [0, 0.05) is 0 Å². The lowest BCUT2D eigenvalue weighted by molar-refractivity contribution is -0.115. The number of phenols is 1. The number of carbonyl (C=O) groups is 2. The topological polar surface area (TPSA) is 86.6 Å². The van der Waals surface area contributed by atoms with Gasteiger partial charge in [-0.3, -0.25) is 4.79 Å². The Morgan fingerprint density at radius 1 is 1.44 bits per heavy atom. The molecular formula is C11H7NO4S2. The van der Waals surface area contributed by atoms with E-state index >= 15 is 0 Å². The minimum absolute atomic E-state index is 0.213. The van der Waals surface area contributed by atoms with Gasteiger partial charge in [-0.2, -0.15) is 0 Å². The lowest BCUT2D eigenvalue weighted by Crippen LogP contribution is -2.17. The molecule has 1 aromatic rings. The molecule has 0 saturated carbocycles. The van der Waals surface area contributed by atoms with Gasteiger partial charge in [0.25, 0.3) is 5.91 Å². The van der Waals surface area contributed by atoms with Gasteiger partial charge in [-0.25, -0.2) is 4.79 Å². The summed E-state index contributed by atoms with van der Waals surface area (Å²) >= 11 is 5.94. The van der Waals surface area contributed by atoms with E-state index in [1.54, 1.807) is 0 Å². The van der Waals surface area contributed by atoms with Crippen molar-refractivity contribution in [3.63, 3.8) is 0 Å². The van der Waals surface area contributed by atoms with Crippen LogP contribution in [0.1, 0.15) is 15.9 Å². The molecule has 92 valence electrons. The molecule has 1 fully saturated rings. The van der Waals surface area contributed by atoms with Gasteiger partial charge in [-0.05, 0) is 23.8 Å². The molecule has 1 aromatic carbocycles. The number of thioether (sulfide) groups is 1. The number of amides is 1. The number of aromatic hydroxyl groups is 1. The quantitative estimate of drug-likeness (QED) is 0.563. The SMILES string of the molecule is O=C1NC(=S)SC1=Cc1ccc(O)c(C(=O)O)c1. The molecule has 3 N–H and O–H groups in total. The van der Waals surface area contributed by atoms with Crippen LogP contribution in [0.25, 0.3) is 6.08 Å². The average molecular weight is 281 g/mol. The third-order valence-electron chi connectivity index (χ3n) is 2.19. The van der Waals surface area contributed by atoms with Gasteiger partial charge < -0.3 is 15.5 Å². The average Bonchev–Trinajstić information content (AvgIpc) is 2.60. The minimum Gasteiger partial charge on any atom is -0.507 e. The number of thiocarbonyl (C=S) groups is 1. The summed E-state index contributed by atoms with van der Waals surface area (Å²) in [6.45, 7) is 0. The minimum atomic E-state index is -1.23. The summed E-state index contributed by atoms with van der Waals surface area (Å²) in [6, 6.07) is 4.08. The Morgan fingerprint density at radius 3 is 2.72 bits per heavy atom. The molecule has 1 saturated heterocycles. The molecule has 0 radical (unpaired) electrons. The summed E-state index contributed by atoms with van der Waals surface area (Å²) in [5, 5.41) is 20.7. The Labute approximate surface area is 112 Å². The second kappa shape index (κ2) is 4.79. The van der Waals surface area contributed by atoms with E-state index in [0.29, 0.717) is 14.8 Å². The number of aromatic carboxylic acids is 1. The summed E-state index contributed by atoms with van der Waals surface area (Å²) < 4.78 is 0.364. The van der Waals surface area contributed by atoms with Crippen LogP contribution in [-0.4, -0.2) is 26.4 Å². The summed E-state index contributed by atoms with van der Waals surface area (Å²) in [7, 11) is 0. The Balaban J connectivity index is 2.38. The van der Waals surface area contributed by atoms with Crippen LogP contribution in [0.2, 0.25) is 0 Å². The Hall–Kier alpha value is -1.86. The number of rotatable bonds is 2. The van der Waals surface area contributed by atoms with E-state index in [-0.39, 0.29) is 17.2 Å². The van der Waals surface area contributed by atoms with Crippen LogP contribution in [0.5, 0.6) is 5.75 Å². The van der Waals surface area contributed by atoms with Gasteiger partial charge in [0.05, 0.1) is 4.91 Å². The fourth-order valence-electron chi connectivity index (χ4n) is 1.39. The number of carboxylic acids is 1. The maximum Gasteiger partial charge on any atom is 0.339 e. The number of hydrogen-bond acceptors (Lipinski definition) is 5. The molecule has 1 heterocycles. The predicted octanol–water partition coefficient (Wildman–Crippen LogP) is 1.58. The second-order valence-electron chi connectivity index (χ2n) is 3.43. The van der Waals surface area contributed by atoms with Gasteiger partial charge in [0.15, 0.2) is 0 Å². The molecular weight excluding hydrogens is 274 g/mol. The van der Waals surface area contributed by atoms with Crippen molar-refractivity contribution in [1.29, 1.82) is 0 Å². The fraction of sp³-hybridized carbons (Fsp3) is 0. The van der Waals surface area contributed by atoms with Crippen molar-refractivity contribution >= 4 is 46.3 Å². The maximum atomic E-state index is 11.4. The normalized spacial score (nSPS) is 17.0. The van der Waals surface area contributed by atoms with Crippen LogP contribution in [0.15, 0.2) is 23.1 Å². The van der Waals surface area contributed by atoms with Gasteiger partial charge in [0.2, 0.25) is 0 Å². The highest BCUT2D eigenvalue weighted by Gasteiger charge is 2.22. The maximum absolute atomic E-state index is 11.4. The molecule has 1 amide bonds. The first-order valence-corrected chi connectivity index (χ1v) is 6.01. The predicted molar refractivity (Wildman–Crippen MR) is 71.4 cm³/mol. The van der Waals surface area contributed by atoms with Gasteiger partial charge >= 0.3 is 5.97 Å². The molecule has 18 heavy (non-hydrogen) atoms. The van der Waals surface area contributed by atoms with Crippen molar-refractivity contribution in [2.75, 3.05) is 0 Å². The molecule has 0 bridgehead atoms. The standard InChI is InChI=1S/C11H7NO4S2/c13-7-2-1-5(3-6(7)10(15)16)4-8-9(14)12-11(17)18-8/h1-4,13H,(H,15,16)(H,12,14,17). The monoisotopic (exact) mass is 281 g/mol. The Bertz CT molecular complexity index is 595. The van der Waals surface area contributed by atoms with Crippen molar-refractivity contribution in [1.82, 2.24) is 5.32 Å². The highest BCUT2D eigenvalue weighted by Crippen LogP contribution is 2.27. The molecule has 0 spiro atoms. The van der Waals surface area contributed by atoms with E-state index in [1.165, 1.54) is 24.3 Å². The van der Waals surface area contributed by atoms with E-state index in [1.807, 2.05) is 0 Å². The van der Waals surface area contributed by atoms with E-state index in [2.05, 4.69) is 5.32 Å². The van der Waals surface area contributed by atoms with Gasteiger partial charge in [-0.15, -0.1) is 0 Å². The third kappa shape index (κ3) is 2.52. The molecule has 0 unspecified atom stereocenters. The first kappa shape index (κ1) is 12.6. The van der Waals surface area contributed by atoms with Gasteiger partial charge in [0.1, 0.15) is 15.6 Å². The number of carbonyl (C=O) groups excluding carboxylic acids is 1. The largest absolute Gasteiger partial charge is 0.507 e. The molecule has 0 aliphatic carbocycles. The summed E-state index contributed by atoms with van der Waals surface area (Å²) in [5.41, 5.74) is 0.294. The summed E-state index contributed by atoms with van der Waals surface area (Å²) in [4.78, 5) is 22.7. The van der Waals surface area contributed by atoms with Crippen LogP contribution < -0.4 is 5.32 Å². The zero-order chi connectivity index (χ0) is 13.3. The lowest BCUT2D eigenvalue weighted by Gasteiger charge is -2.01. The fourth-order valence-corrected chi connectivity index (χ4v) is 2.43. The van der Waals surface area contributed by atoms with Crippen molar-refractivity contribution in [3.05, 3.63) is 34.2 Å². The first-order chi connectivity index (χ1) is 8.47. The molecule has 0 atom stereocenters. The van der Waals surface area contributed by atoms with Crippen molar-refractivity contribution in [2.24, 2.45) is 0 Å². The summed E-state index contributed by atoms with van der Waals surface area (Å²) in [5.74, 6) is -1.86. The Kier molecular flexibility index (Phi) is 3.35. The van der Waals surface area contributed by atoms with Crippen LogP contribution in [0.3, 0.4) is 0 Å². The van der Waals surface area contributed by atoms with Crippen LogP contribution >= 0.6 is 24.0 Å². The van der Waals surface area contributed by atoms with Crippen molar-refractivity contribution < 1.29 is 19.8 Å². The third-order valence-corrected chi connectivity index (χ3v) is 3.35. The van der Waals surface area contributed by atoms with Crippen LogP contribution in [0, 0.1) is 0 Å². The van der Waals surface area contributed by atoms with Crippen molar-refractivity contribution in [2.45, 2.75) is 0 Å². The van der Waals surface area contributed by atoms with Crippen molar-refractivity contribution in [3.8, 4) is 5.75 Å². The first-order valence-electron chi connectivity index (χ1n) is 4.78. The van der Waals surface area contributed by atoms with Crippen LogP contribution in [-0.2, 0) is 4.79 Å².